The number of phenolic OH excluding ortho intramolecular Hbond substituents is 1. The van der Waals surface area contributed by atoms with E-state index in [2.05, 4.69) is 32.2 Å². The second-order valence-corrected chi connectivity index (χ2v) is 5.37. The van der Waals surface area contributed by atoms with Gasteiger partial charge in [-0.1, -0.05) is 6.08 Å². The van der Waals surface area contributed by atoms with Crippen molar-refractivity contribution in [2.45, 2.75) is 0 Å². The lowest BCUT2D eigenvalue weighted by molar-refractivity contribution is 0.475. The maximum absolute atomic E-state index is 9.38. The second kappa shape index (κ2) is 7.01. The van der Waals surface area contributed by atoms with Crippen molar-refractivity contribution < 1.29 is 5.11 Å². The zero-order valence-corrected chi connectivity index (χ0v) is 13.5. The van der Waals surface area contributed by atoms with Crippen molar-refractivity contribution >= 4 is 34.3 Å². The number of hydrogen-bond acceptors (Lipinski definition) is 5. The molecule has 2 heterocycles. The molecule has 3 N–H and O–H groups in total. The van der Waals surface area contributed by atoms with Crippen molar-refractivity contribution in [2.75, 3.05) is 11.9 Å². The molecular weight excluding hydrogens is 322 g/mol. The van der Waals surface area contributed by atoms with Gasteiger partial charge >= 0.3 is 0 Å². The first-order chi connectivity index (χ1) is 11.7. The van der Waals surface area contributed by atoms with E-state index in [-0.39, 0.29) is 5.75 Å². The molecule has 3 aromatic rings. The van der Waals surface area contributed by atoms with E-state index in [0.717, 1.165) is 5.56 Å². The molecule has 0 radical (unpaired) electrons. The minimum Gasteiger partial charge on any atom is -0.508 e. The van der Waals surface area contributed by atoms with Gasteiger partial charge < -0.3 is 15.7 Å². The first kappa shape index (κ1) is 15.8. The first-order valence-electron chi connectivity index (χ1n) is 7.24. The number of thiocarbonyl (C=S) groups is 1. The molecule has 6 nitrogen and oxygen atoms in total. The van der Waals surface area contributed by atoms with Crippen LogP contribution in [0.4, 0.5) is 5.82 Å². The number of anilines is 1. The smallest absolute Gasteiger partial charge is 0.180 e. The quantitative estimate of drug-likeness (QED) is 0.499. The van der Waals surface area contributed by atoms with Crippen LogP contribution in [0.25, 0.3) is 22.4 Å². The SMILES string of the molecule is C=CCNC(=S)Nc1ccc2ncc(-c3ccc(O)cc3)nc2n1. The van der Waals surface area contributed by atoms with Crippen LogP contribution in [0.1, 0.15) is 0 Å². The normalized spacial score (nSPS) is 10.3. The highest BCUT2D eigenvalue weighted by molar-refractivity contribution is 7.80. The highest BCUT2D eigenvalue weighted by atomic mass is 32.1. The van der Waals surface area contributed by atoms with E-state index in [9.17, 15) is 5.11 Å². The monoisotopic (exact) mass is 337 g/mol. The maximum Gasteiger partial charge on any atom is 0.180 e. The Labute approximate surface area is 144 Å². The van der Waals surface area contributed by atoms with Crippen molar-refractivity contribution in [3.05, 3.63) is 55.3 Å². The molecule has 2 aromatic heterocycles. The van der Waals surface area contributed by atoms with Crippen molar-refractivity contribution in [3.63, 3.8) is 0 Å². The van der Waals surface area contributed by atoms with E-state index in [4.69, 9.17) is 12.2 Å². The lowest BCUT2D eigenvalue weighted by Gasteiger charge is -2.09. The van der Waals surface area contributed by atoms with E-state index in [0.29, 0.717) is 34.3 Å². The highest BCUT2D eigenvalue weighted by Crippen LogP contribution is 2.21. The fourth-order valence-electron chi connectivity index (χ4n) is 2.06. The summed E-state index contributed by atoms with van der Waals surface area (Å²) < 4.78 is 0. The number of rotatable bonds is 4. The standard InChI is InChI=1S/C17H15N5OS/c1-2-9-18-17(24)22-15-8-7-13-16(21-15)20-14(10-19-13)11-3-5-12(23)6-4-11/h2-8,10,23H,1,9H2,(H2,18,20,21,22,24). The molecular formula is C17H15N5OS. The van der Waals surface area contributed by atoms with Gasteiger partial charge in [0.15, 0.2) is 10.8 Å². The average molecular weight is 337 g/mol. The summed E-state index contributed by atoms with van der Waals surface area (Å²) in [7, 11) is 0. The topological polar surface area (TPSA) is 83.0 Å². The Hall–Kier alpha value is -3.06. The Kier molecular flexibility index (Phi) is 4.62. The molecule has 0 atom stereocenters. The lowest BCUT2D eigenvalue weighted by atomic mass is 10.1. The molecule has 0 saturated carbocycles. The number of nitrogens with one attached hydrogen (secondary N) is 2. The molecule has 0 amide bonds. The predicted octanol–water partition coefficient (Wildman–Crippen LogP) is 2.87. The molecule has 24 heavy (non-hydrogen) atoms. The first-order valence-corrected chi connectivity index (χ1v) is 7.65. The zero-order chi connectivity index (χ0) is 16.9. The van der Waals surface area contributed by atoms with Gasteiger partial charge in [-0.2, -0.15) is 0 Å². The Bertz CT molecular complexity index is 895. The Morgan fingerprint density at radius 3 is 2.71 bits per heavy atom. The van der Waals surface area contributed by atoms with Crippen molar-refractivity contribution in [1.29, 1.82) is 0 Å². The van der Waals surface area contributed by atoms with E-state index >= 15 is 0 Å². The summed E-state index contributed by atoms with van der Waals surface area (Å²) in [4.78, 5) is 13.3. The van der Waals surface area contributed by atoms with Crippen molar-refractivity contribution in [2.24, 2.45) is 0 Å². The summed E-state index contributed by atoms with van der Waals surface area (Å²) >= 11 is 5.17. The minimum absolute atomic E-state index is 0.206. The summed E-state index contributed by atoms with van der Waals surface area (Å²) in [6.45, 7) is 4.20. The average Bonchev–Trinajstić information content (AvgIpc) is 2.60. The molecule has 1 aromatic carbocycles. The maximum atomic E-state index is 9.38. The molecule has 0 fully saturated rings. The van der Waals surface area contributed by atoms with Gasteiger partial charge in [0, 0.05) is 12.1 Å². The van der Waals surface area contributed by atoms with Crippen LogP contribution in [0, 0.1) is 0 Å². The molecule has 0 saturated heterocycles. The van der Waals surface area contributed by atoms with Gasteiger partial charge in [-0.15, -0.1) is 6.58 Å². The summed E-state index contributed by atoms with van der Waals surface area (Å²) in [5, 5.41) is 15.8. The molecule has 0 spiro atoms. The largest absolute Gasteiger partial charge is 0.508 e. The van der Waals surface area contributed by atoms with Gasteiger partial charge in [-0.05, 0) is 48.6 Å². The number of hydrogen-bond donors (Lipinski definition) is 3. The summed E-state index contributed by atoms with van der Waals surface area (Å²) in [5.74, 6) is 0.791. The third kappa shape index (κ3) is 3.64. The van der Waals surface area contributed by atoms with Gasteiger partial charge in [0.1, 0.15) is 17.1 Å². The summed E-state index contributed by atoms with van der Waals surface area (Å²) in [6, 6.07) is 10.4. The third-order valence-corrected chi connectivity index (χ3v) is 3.46. The Morgan fingerprint density at radius 2 is 1.96 bits per heavy atom. The van der Waals surface area contributed by atoms with Crippen molar-refractivity contribution in [3.8, 4) is 17.0 Å². The molecule has 7 heteroatoms. The zero-order valence-electron chi connectivity index (χ0n) is 12.7. The fourth-order valence-corrected chi connectivity index (χ4v) is 2.25. The van der Waals surface area contributed by atoms with Crippen LogP contribution in [-0.4, -0.2) is 31.7 Å². The van der Waals surface area contributed by atoms with Crippen LogP contribution in [0.3, 0.4) is 0 Å². The molecule has 0 aliphatic heterocycles. The van der Waals surface area contributed by atoms with Crippen LogP contribution in [-0.2, 0) is 0 Å². The number of benzene rings is 1. The molecule has 0 aliphatic carbocycles. The van der Waals surface area contributed by atoms with E-state index in [1.165, 1.54) is 0 Å². The van der Waals surface area contributed by atoms with Gasteiger partial charge in [-0.3, -0.25) is 4.98 Å². The highest BCUT2D eigenvalue weighted by Gasteiger charge is 2.06. The molecule has 0 aliphatic rings. The fraction of sp³-hybridized carbons (Fsp3) is 0.0588. The molecule has 3 rings (SSSR count). The lowest BCUT2D eigenvalue weighted by Crippen LogP contribution is -2.28. The number of aromatic nitrogens is 3. The van der Waals surface area contributed by atoms with Crippen LogP contribution in [0.5, 0.6) is 5.75 Å². The van der Waals surface area contributed by atoms with Crippen molar-refractivity contribution in [1.82, 2.24) is 20.3 Å². The number of pyridine rings is 1. The number of aromatic hydroxyl groups is 1. The van der Waals surface area contributed by atoms with E-state index in [1.807, 2.05) is 6.07 Å². The minimum atomic E-state index is 0.206. The summed E-state index contributed by atoms with van der Waals surface area (Å²) in [5.41, 5.74) is 2.73. The third-order valence-electron chi connectivity index (χ3n) is 3.22. The van der Waals surface area contributed by atoms with Gasteiger partial charge in [0.05, 0.1) is 11.9 Å². The van der Waals surface area contributed by atoms with Crippen LogP contribution >= 0.6 is 12.2 Å². The number of phenols is 1. The summed E-state index contributed by atoms with van der Waals surface area (Å²) in [6.07, 6.45) is 3.40. The van der Waals surface area contributed by atoms with Gasteiger partial charge in [-0.25, -0.2) is 9.97 Å². The van der Waals surface area contributed by atoms with Gasteiger partial charge in [0.2, 0.25) is 0 Å². The van der Waals surface area contributed by atoms with Crippen LogP contribution < -0.4 is 10.6 Å². The van der Waals surface area contributed by atoms with Gasteiger partial charge in [0.25, 0.3) is 0 Å². The molecule has 0 unspecified atom stereocenters. The van der Waals surface area contributed by atoms with E-state index < -0.39 is 0 Å². The van der Waals surface area contributed by atoms with Crippen LogP contribution in [0.15, 0.2) is 55.3 Å². The van der Waals surface area contributed by atoms with Crippen LogP contribution in [0.2, 0.25) is 0 Å². The van der Waals surface area contributed by atoms with E-state index in [1.54, 1.807) is 42.6 Å². The molecule has 0 bridgehead atoms. The molecule has 120 valence electrons. The predicted molar refractivity (Wildman–Crippen MR) is 98.9 cm³/mol. The number of fused-ring (bicyclic) bond motifs is 1. The Balaban J connectivity index is 1.89. The number of nitrogens with zero attached hydrogens (tertiary/aromatic N) is 3. The Morgan fingerprint density at radius 1 is 1.17 bits per heavy atom. The second-order valence-electron chi connectivity index (χ2n) is 4.97.